The summed E-state index contributed by atoms with van der Waals surface area (Å²) in [5, 5.41) is 6.55. The number of pyridine rings is 1. The predicted octanol–water partition coefficient (Wildman–Crippen LogP) is 2.85. The van der Waals surface area contributed by atoms with Crippen LogP contribution in [0.1, 0.15) is 31.1 Å². The van der Waals surface area contributed by atoms with E-state index in [-0.39, 0.29) is 0 Å². The minimum Gasteiger partial charge on any atom is -0.347 e. The summed E-state index contributed by atoms with van der Waals surface area (Å²) in [6.07, 6.45) is 3.69. The van der Waals surface area contributed by atoms with Crippen molar-refractivity contribution in [1.82, 2.24) is 15.3 Å². The molecule has 2 aromatic heterocycles. The summed E-state index contributed by atoms with van der Waals surface area (Å²) in [6.45, 7) is 6.04. The highest BCUT2D eigenvalue weighted by atomic mass is 32.1. The lowest BCUT2D eigenvalue weighted by atomic mass is 10.2. The monoisotopic (exact) mass is 276 g/mol. The summed E-state index contributed by atoms with van der Waals surface area (Å²) in [4.78, 5) is 11.0. The summed E-state index contributed by atoms with van der Waals surface area (Å²) in [7, 11) is 2.06. The first kappa shape index (κ1) is 14.0. The Morgan fingerprint density at radius 3 is 3.00 bits per heavy atom. The van der Waals surface area contributed by atoms with Crippen LogP contribution in [0.4, 0.5) is 5.13 Å². The maximum Gasteiger partial charge on any atom is 0.185 e. The number of rotatable bonds is 6. The van der Waals surface area contributed by atoms with Crippen molar-refractivity contribution in [3.63, 3.8) is 0 Å². The summed E-state index contributed by atoms with van der Waals surface area (Å²) < 4.78 is 0. The Morgan fingerprint density at radius 2 is 2.32 bits per heavy atom. The van der Waals surface area contributed by atoms with E-state index in [0.717, 1.165) is 23.9 Å². The van der Waals surface area contributed by atoms with Crippen molar-refractivity contribution >= 4 is 16.5 Å². The van der Waals surface area contributed by atoms with Gasteiger partial charge in [0.1, 0.15) is 0 Å². The molecule has 1 atom stereocenters. The summed E-state index contributed by atoms with van der Waals surface area (Å²) in [6, 6.07) is 4.35. The molecule has 0 saturated heterocycles. The van der Waals surface area contributed by atoms with Gasteiger partial charge in [0, 0.05) is 37.4 Å². The van der Waals surface area contributed by atoms with Gasteiger partial charge >= 0.3 is 0 Å². The first-order valence-corrected chi connectivity index (χ1v) is 7.37. The predicted molar refractivity (Wildman–Crippen MR) is 80.5 cm³/mol. The van der Waals surface area contributed by atoms with E-state index in [1.807, 2.05) is 12.3 Å². The first-order valence-electron chi connectivity index (χ1n) is 6.49. The fraction of sp³-hybridized carbons (Fsp3) is 0.429. The first-order chi connectivity index (χ1) is 9.20. The molecule has 102 valence electrons. The quantitative estimate of drug-likeness (QED) is 0.881. The Morgan fingerprint density at radius 1 is 1.47 bits per heavy atom. The van der Waals surface area contributed by atoms with Crippen LogP contribution in [0.5, 0.6) is 0 Å². The van der Waals surface area contributed by atoms with Crippen molar-refractivity contribution < 1.29 is 0 Å². The molecule has 4 nitrogen and oxygen atoms in total. The van der Waals surface area contributed by atoms with Gasteiger partial charge in [-0.3, -0.25) is 4.98 Å². The third-order valence-electron chi connectivity index (χ3n) is 2.93. The minimum absolute atomic E-state index is 0.307. The molecule has 0 amide bonds. The van der Waals surface area contributed by atoms with Crippen molar-refractivity contribution in [3.8, 4) is 0 Å². The fourth-order valence-electron chi connectivity index (χ4n) is 1.89. The van der Waals surface area contributed by atoms with Crippen LogP contribution < -0.4 is 10.2 Å². The highest BCUT2D eigenvalue weighted by Crippen LogP contribution is 2.24. The number of nitrogens with one attached hydrogen (secondary N) is 1. The smallest absolute Gasteiger partial charge is 0.185 e. The molecular formula is C14H20N4S. The number of nitrogens with zero attached hydrogens (tertiary/aromatic N) is 3. The average molecular weight is 276 g/mol. The lowest BCUT2D eigenvalue weighted by Gasteiger charge is -2.15. The van der Waals surface area contributed by atoms with Gasteiger partial charge in [-0.15, -0.1) is 11.3 Å². The van der Waals surface area contributed by atoms with Crippen molar-refractivity contribution in [1.29, 1.82) is 0 Å². The van der Waals surface area contributed by atoms with Crippen LogP contribution in [-0.2, 0) is 6.54 Å². The molecule has 19 heavy (non-hydrogen) atoms. The molecule has 0 spiro atoms. The van der Waals surface area contributed by atoms with Gasteiger partial charge in [0.2, 0.25) is 0 Å². The van der Waals surface area contributed by atoms with E-state index in [0.29, 0.717) is 6.04 Å². The molecule has 1 unspecified atom stereocenters. The van der Waals surface area contributed by atoms with Crippen LogP contribution in [0.2, 0.25) is 0 Å². The van der Waals surface area contributed by atoms with E-state index in [9.17, 15) is 0 Å². The maximum absolute atomic E-state index is 4.69. The number of aromatic nitrogens is 2. The Balaban J connectivity index is 2.02. The molecule has 0 aromatic carbocycles. The fourth-order valence-corrected chi connectivity index (χ4v) is 2.78. The van der Waals surface area contributed by atoms with Gasteiger partial charge in [0.15, 0.2) is 5.13 Å². The van der Waals surface area contributed by atoms with Gasteiger partial charge < -0.3 is 10.2 Å². The summed E-state index contributed by atoms with van der Waals surface area (Å²) in [5.74, 6) is 0. The lowest BCUT2D eigenvalue weighted by molar-refractivity contribution is 0.586. The summed E-state index contributed by atoms with van der Waals surface area (Å²) >= 11 is 1.69. The third kappa shape index (κ3) is 3.75. The second-order valence-electron chi connectivity index (χ2n) is 4.55. The Bertz CT molecular complexity index is 497. The highest BCUT2D eigenvalue weighted by Gasteiger charge is 2.11. The van der Waals surface area contributed by atoms with E-state index < -0.39 is 0 Å². The van der Waals surface area contributed by atoms with Gasteiger partial charge in [-0.1, -0.05) is 13.0 Å². The second kappa shape index (κ2) is 6.63. The van der Waals surface area contributed by atoms with E-state index >= 15 is 0 Å². The molecular weight excluding hydrogens is 256 g/mol. The van der Waals surface area contributed by atoms with Crippen molar-refractivity contribution in [2.45, 2.75) is 26.4 Å². The molecule has 0 saturated carbocycles. The largest absolute Gasteiger partial charge is 0.347 e. The number of anilines is 1. The van der Waals surface area contributed by atoms with Crippen LogP contribution in [0.25, 0.3) is 0 Å². The SMILES string of the molecule is CCNC(C)c1csc(N(C)Cc2cccnc2)n1. The van der Waals surface area contributed by atoms with Crippen molar-refractivity contribution in [2.75, 3.05) is 18.5 Å². The van der Waals surface area contributed by atoms with Crippen LogP contribution in [0.3, 0.4) is 0 Å². The standard InChI is InChI=1S/C14H20N4S/c1-4-16-11(2)13-10-19-14(17-13)18(3)9-12-6-5-7-15-8-12/h5-8,10-11,16H,4,9H2,1-3H3. The molecule has 0 aliphatic heterocycles. The van der Waals surface area contributed by atoms with E-state index in [1.165, 1.54) is 5.56 Å². The average Bonchev–Trinajstić information content (AvgIpc) is 2.90. The van der Waals surface area contributed by atoms with Gasteiger partial charge in [-0.2, -0.15) is 0 Å². The molecule has 2 aromatic rings. The van der Waals surface area contributed by atoms with Crippen LogP contribution in [-0.4, -0.2) is 23.6 Å². The topological polar surface area (TPSA) is 41.0 Å². The lowest BCUT2D eigenvalue weighted by Crippen LogP contribution is -2.19. The van der Waals surface area contributed by atoms with E-state index in [2.05, 4.69) is 52.5 Å². The van der Waals surface area contributed by atoms with E-state index in [4.69, 9.17) is 0 Å². The van der Waals surface area contributed by atoms with Crippen LogP contribution >= 0.6 is 11.3 Å². The van der Waals surface area contributed by atoms with Gasteiger partial charge in [0.05, 0.1) is 5.69 Å². The molecule has 2 heterocycles. The van der Waals surface area contributed by atoms with Crippen molar-refractivity contribution in [2.24, 2.45) is 0 Å². The zero-order valence-corrected chi connectivity index (χ0v) is 12.4. The summed E-state index contributed by atoms with van der Waals surface area (Å²) in [5.41, 5.74) is 2.31. The van der Waals surface area contributed by atoms with Crippen LogP contribution in [0, 0.1) is 0 Å². The van der Waals surface area contributed by atoms with Crippen LogP contribution in [0.15, 0.2) is 29.9 Å². The number of hydrogen-bond acceptors (Lipinski definition) is 5. The maximum atomic E-state index is 4.69. The van der Waals surface area contributed by atoms with Crippen molar-refractivity contribution in [3.05, 3.63) is 41.2 Å². The Labute approximate surface area is 118 Å². The molecule has 0 aliphatic carbocycles. The molecule has 0 bridgehead atoms. The van der Waals surface area contributed by atoms with E-state index in [1.54, 1.807) is 17.5 Å². The normalized spacial score (nSPS) is 12.4. The zero-order valence-electron chi connectivity index (χ0n) is 11.6. The molecule has 0 radical (unpaired) electrons. The Hall–Kier alpha value is -1.46. The van der Waals surface area contributed by atoms with Gasteiger partial charge in [-0.05, 0) is 25.1 Å². The minimum atomic E-state index is 0.307. The highest BCUT2D eigenvalue weighted by molar-refractivity contribution is 7.13. The third-order valence-corrected chi connectivity index (χ3v) is 3.91. The van der Waals surface area contributed by atoms with Gasteiger partial charge in [-0.25, -0.2) is 4.98 Å². The zero-order chi connectivity index (χ0) is 13.7. The molecule has 5 heteroatoms. The Kier molecular flexibility index (Phi) is 4.87. The molecule has 0 fully saturated rings. The number of hydrogen-bond donors (Lipinski definition) is 1. The molecule has 2 rings (SSSR count). The molecule has 0 aliphatic rings. The van der Waals surface area contributed by atoms with Gasteiger partial charge in [0.25, 0.3) is 0 Å². The second-order valence-corrected chi connectivity index (χ2v) is 5.39. The molecule has 1 N–H and O–H groups in total. The number of thiazole rings is 1.